The molecule has 2 atom stereocenters. The van der Waals surface area contributed by atoms with Gasteiger partial charge in [-0.15, -0.1) is 0 Å². The fourth-order valence-corrected chi connectivity index (χ4v) is 4.36. The summed E-state index contributed by atoms with van der Waals surface area (Å²) in [6.45, 7) is 4.57. The maximum Gasteiger partial charge on any atom is 0.362 e. The Hall–Kier alpha value is -1.93. The number of carboxylic acids is 1. The van der Waals surface area contributed by atoms with E-state index in [0.29, 0.717) is 19.3 Å². The number of carboxylic acid groups (broad SMARTS) is 1. The molecule has 0 aliphatic carbocycles. The molecular formula is C32H60NO7+. The Kier molecular flexibility index (Phi) is 23.6. The Morgan fingerprint density at radius 2 is 1.27 bits per heavy atom. The average molecular weight is 571 g/mol. The molecule has 0 aromatic heterocycles. The lowest BCUT2D eigenvalue weighted by molar-refractivity contribution is -0.887. The molecule has 0 heterocycles. The van der Waals surface area contributed by atoms with Crippen LogP contribution in [-0.4, -0.2) is 80.6 Å². The maximum atomic E-state index is 12.5. The van der Waals surface area contributed by atoms with Crippen LogP contribution in [0.2, 0.25) is 0 Å². The van der Waals surface area contributed by atoms with Crippen LogP contribution in [0.4, 0.5) is 0 Å². The molecule has 0 aliphatic heterocycles. The second-order valence-electron chi connectivity index (χ2n) is 11.7. The molecule has 2 unspecified atom stereocenters. The van der Waals surface area contributed by atoms with Crippen molar-refractivity contribution in [2.75, 3.05) is 41.0 Å². The second kappa shape index (κ2) is 24.8. The molecular weight excluding hydrogens is 510 g/mol. The number of allylic oxidation sites excluding steroid dienone is 2. The molecule has 234 valence electrons. The molecule has 0 saturated carbocycles. The van der Waals surface area contributed by atoms with Crippen molar-refractivity contribution in [1.82, 2.24) is 0 Å². The van der Waals surface area contributed by atoms with Gasteiger partial charge in [-0.05, 0) is 32.1 Å². The monoisotopic (exact) mass is 570 g/mol. The zero-order chi connectivity index (χ0) is 30.1. The summed E-state index contributed by atoms with van der Waals surface area (Å²) in [5.41, 5.74) is 0. The predicted molar refractivity (Wildman–Crippen MR) is 160 cm³/mol. The standard InChI is InChI=1S/C32H59NO7/c1-6-8-10-12-13-14-15-16-17-19-21-23-31(35)40-28(27-39-30(34)22-20-18-11-9-7-2)26-38-25-24-29(32(36)37)33(3,4)5/h12-13,28-29H,6-11,14-27H2,1-5H3/p+1/b13-12-. The minimum atomic E-state index is -0.879. The fraction of sp³-hybridized carbons (Fsp3) is 0.844. The van der Waals surface area contributed by atoms with Crippen molar-refractivity contribution < 1.29 is 38.2 Å². The SMILES string of the molecule is CCCC/C=C\CCCCCCCC(=O)OC(COCCC(C(=O)O)[N+](C)(C)C)COC(=O)CCCCCCC. The number of rotatable bonds is 27. The molecule has 0 radical (unpaired) electrons. The highest BCUT2D eigenvalue weighted by Crippen LogP contribution is 2.12. The van der Waals surface area contributed by atoms with Crippen LogP contribution in [0, 0.1) is 0 Å². The van der Waals surface area contributed by atoms with E-state index in [9.17, 15) is 19.5 Å². The Balaban J connectivity index is 4.49. The van der Waals surface area contributed by atoms with Gasteiger partial charge in [-0.3, -0.25) is 9.59 Å². The first-order valence-electron chi connectivity index (χ1n) is 15.7. The topological polar surface area (TPSA) is 99.1 Å². The molecule has 0 aliphatic rings. The Morgan fingerprint density at radius 1 is 0.725 bits per heavy atom. The van der Waals surface area contributed by atoms with E-state index in [1.165, 1.54) is 25.7 Å². The minimum Gasteiger partial charge on any atom is -0.477 e. The van der Waals surface area contributed by atoms with E-state index in [0.717, 1.165) is 64.2 Å². The van der Waals surface area contributed by atoms with Crippen LogP contribution in [0.1, 0.15) is 123 Å². The number of unbranched alkanes of at least 4 members (excludes halogenated alkanes) is 11. The molecule has 0 rings (SSSR count). The highest BCUT2D eigenvalue weighted by molar-refractivity contribution is 5.72. The Labute approximate surface area is 244 Å². The molecule has 0 saturated heterocycles. The molecule has 1 N–H and O–H groups in total. The van der Waals surface area contributed by atoms with Gasteiger partial charge in [-0.1, -0.05) is 83.8 Å². The van der Waals surface area contributed by atoms with Crippen LogP contribution in [0.25, 0.3) is 0 Å². The van der Waals surface area contributed by atoms with Crippen molar-refractivity contribution in [2.45, 2.75) is 135 Å². The summed E-state index contributed by atoms with van der Waals surface area (Å²) in [5.74, 6) is -1.50. The van der Waals surface area contributed by atoms with Gasteiger partial charge in [0.05, 0.1) is 34.4 Å². The van der Waals surface area contributed by atoms with Crippen LogP contribution in [0.5, 0.6) is 0 Å². The van der Waals surface area contributed by atoms with Crippen molar-refractivity contribution in [2.24, 2.45) is 0 Å². The lowest BCUT2D eigenvalue weighted by Crippen LogP contribution is -2.50. The average Bonchev–Trinajstić information content (AvgIpc) is 2.88. The molecule has 0 aromatic carbocycles. The summed E-state index contributed by atoms with van der Waals surface area (Å²) in [7, 11) is 5.49. The number of quaternary nitrogens is 1. The maximum absolute atomic E-state index is 12.5. The van der Waals surface area contributed by atoms with Gasteiger partial charge in [0.1, 0.15) is 6.61 Å². The van der Waals surface area contributed by atoms with E-state index in [2.05, 4.69) is 26.0 Å². The fourth-order valence-electron chi connectivity index (χ4n) is 4.36. The van der Waals surface area contributed by atoms with E-state index in [-0.39, 0.29) is 36.2 Å². The van der Waals surface area contributed by atoms with Gasteiger partial charge >= 0.3 is 17.9 Å². The van der Waals surface area contributed by atoms with E-state index in [1.54, 1.807) is 0 Å². The molecule has 8 nitrogen and oxygen atoms in total. The number of carbonyl (C=O) groups excluding carboxylic acids is 2. The summed E-state index contributed by atoms with van der Waals surface area (Å²) in [6, 6.07) is -0.608. The zero-order valence-electron chi connectivity index (χ0n) is 26.3. The third-order valence-electron chi connectivity index (χ3n) is 6.91. The first kappa shape index (κ1) is 38.1. The summed E-state index contributed by atoms with van der Waals surface area (Å²) in [6.07, 6.45) is 20.0. The van der Waals surface area contributed by atoms with Crippen molar-refractivity contribution in [3.05, 3.63) is 12.2 Å². The van der Waals surface area contributed by atoms with Crippen LogP contribution in [-0.2, 0) is 28.6 Å². The number of hydrogen-bond donors (Lipinski definition) is 1. The number of carbonyl (C=O) groups is 3. The summed E-state index contributed by atoms with van der Waals surface area (Å²) < 4.78 is 17.0. The van der Waals surface area contributed by atoms with Crippen molar-refractivity contribution in [1.29, 1.82) is 0 Å². The predicted octanol–water partition coefficient (Wildman–Crippen LogP) is 6.85. The van der Waals surface area contributed by atoms with Crippen molar-refractivity contribution >= 4 is 17.9 Å². The largest absolute Gasteiger partial charge is 0.477 e. The van der Waals surface area contributed by atoms with E-state index in [4.69, 9.17) is 14.2 Å². The molecule has 0 aromatic rings. The minimum absolute atomic E-state index is 0.0526. The summed E-state index contributed by atoms with van der Waals surface area (Å²) >= 11 is 0. The third kappa shape index (κ3) is 22.8. The highest BCUT2D eigenvalue weighted by Gasteiger charge is 2.31. The number of esters is 2. The van der Waals surface area contributed by atoms with Gasteiger partial charge in [-0.2, -0.15) is 0 Å². The lowest BCUT2D eigenvalue weighted by atomic mass is 10.1. The first-order valence-corrected chi connectivity index (χ1v) is 15.7. The quantitative estimate of drug-likeness (QED) is 0.0499. The van der Waals surface area contributed by atoms with E-state index >= 15 is 0 Å². The van der Waals surface area contributed by atoms with Gasteiger partial charge in [0.25, 0.3) is 0 Å². The Morgan fingerprint density at radius 3 is 1.88 bits per heavy atom. The Bertz CT molecular complexity index is 687. The zero-order valence-corrected chi connectivity index (χ0v) is 26.3. The van der Waals surface area contributed by atoms with Crippen molar-refractivity contribution in [3.63, 3.8) is 0 Å². The summed E-state index contributed by atoms with van der Waals surface area (Å²) in [5, 5.41) is 9.50. The smallest absolute Gasteiger partial charge is 0.362 e. The summed E-state index contributed by atoms with van der Waals surface area (Å²) in [4.78, 5) is 36.3. The van der Waals surface area contributed by atoms with Crippen molar-refractivity contribution in [3.8, 4) is 0 Å². The number of aliphatic carboxylic acids is 1. The molecule has 0 fully saturated rings. The van der Waals surface area contributed by atoms with E-state index < -0.39 is 18.1 Å². The van der Waals surface area contributed by atoms with Gasteiger partial charge in [0.15, 0.2) is 12.1 Å². The van der Waals surface area contributed by atoms with Crippen LogP contribution >= 0.6 is 0 Å². The highest BCUT2D eigenvalue weighted by atomic mass is 16.6. The third-order valence-corrected chi connectivity index (χ3v) is 6.91. The van der Waals surface area contributed by atoms with Gasteiger partial charge < -0.3 is 23.8 Å². The lowest BCUT2D eigenvalue weighted by Gasteiger charge is -2.31. The molecule has 8 heteroatoms. The van der Waals surface area contributed by atoms with Gasteiger partial charge in [0.2, 0.25) is 0 Å². The molecule has 40 heavy (non-hydrogen) atoms. The van der Waals surface area contributed by atoms with Crippen LogP contribution < -0.4 is 0 Å². The normalized spacial score (nSPS) is 13.3. The van der Waals surface area contributed by atoms with Gasteiger partial charge in [-0.25, -0.2) is 4.79 Å². The first-order chi connectivity index (χ1) is 19.1. The van der Waals surface area contributed by atoms with Crippen LogP contribution in [0.3, 0.4) is 0 Å². The van der Waals surface area contributed by atoms with Crippen LogP contribution in [0.15, 0.2) is 12.2 Å². The number of likely N-dealkylation sites (N-methyl/N-ethyl adjacent to an activating group) is 1. The molecule has 0 amide bonds. The van der Waals surface area contributed by atoms with E-state index in [1.807, 2.05) is 21.1 Å². The number of hydrogen-bond acceptors (Lipinski definition) is 6. The number of nitrogens with zero attached hydrogens (tertiary/aromatic N) is 1. The molecule has 0 spiro atoms. The second-order valence-corrected chi connectivity index (χ2v) is 11.7. The number of ether oxygens (including phenoxy) is 3. The van der Waals surface area contributed by atoms with Gasteiger partial charge in [0, 0.05) is 19.3 Å². The molecule has 0 bridgehead atoms.